The summed E-state index contributed by atoms with van der Waals surface area (Å²) < 4.78 is 0. The molecule has 0 saturated carbocycles. The third kappa shape index (κ3) is 5.30. The zero-order chi connectivity index (χ0) is 18.4. The van der Waals surface area contributed by atoms with E-state index in [1.807, 2.05) is 25.1 Å². The fourth-order valence-electron chi connectivity index (χ4n) is 2.31. The van der Waals surface area contributed by atoms with E-state index in [1.54, 1.807) is 31.2 Å². The second kappa shape index (κ2) is 8.27. The number of nitrogens with zero attached hydrogens (tertiary/aromatic N) is 1. The maximum atomic E-state index is 12.2. The quantitative estimate of drug-likeness (QED) is 0.777. The van der Waals surface area contributed by atoms with Crippen LogP contribution in [0, 0.1) is 11.3 Å². The summed E-state index contributed by atoms with van der Waals surface area (Å²) in [7, 11) is 0. The standard InChI is InChI=1S/C19H18N2O3S/c1-12(9-18(22)23)17-8-7-16(25-17)10-13(2)21-19(24)15-5-3-14(11-20)4-6-15/h3-9,13H,10H2,1-2H3,(H,21,24)(H,22,23)/b12-9+. The Bertz CT molecular complexity index is 844. The molecule has 1 heterocycles. The molecule has 128 valence electrons. The summed E-state index contributed by atoms with van der Waals surface area (Å²) in [6.07, 6.45) is 1.85. The number of allylic oxidation sites excluding steroid dienone is 1. The molecule has 6 heteroatoms. The van der Waals surface area contributed by atoms with Crippen molar-refractivity contribution in [1.29, 1.82) is 5.26 Å². The van der Waals surface area contributed by atoms with Gasteiger partial charge < -0.3 is 10.4 Å². The van der Waals surface area contributed by atoms with Crippen LogP contribution in [0.5, 0.6) is 0 Å². The summed E-state index contributed by atoms with van der Waals surface area (Å²) in [5.74, 6) is -1.15. The predicted octanol–water partition coefficient (Wildman–Crippen LogP) is 3.47. The molecular weight excluding hydrogens is 336 g/mol. The minimum atomic E-state index is -0.963. The molecule has 2 aromatic rings. The van der Waals surface area contributed by atoms with Gasteiger partial charge in [-0.05, 0) is 55.8 Å². The zero-order valence-electron chi connectivity index (χ0n) is 13.9. The fourth-order valence-corrected chi connectivity index (χ4v) is 3.42. The normalized spacial score (nSPS) is 12.3. The summed E-state index contributed by atoms with van der Waals surface area (Å²) >= 11 is 1.52. The van der Waals surface area contributed by atoms with E-state index in [4.69, 9.17) is 10.4 Å². The van der Waals surface area contributed by atoms with Crippen molar-refractivity contribution in [3.63, 3.8) is 0 Å². The number of carboxylic acid groups (broad SMARTS) is 1. The maximum Gasteiger partial charge on any atom is 0.328 e. The number of amides is 1. The highest BCUT2D eigenvalue weighted by Crippen LogP contribution is 2.25. The number of carbonyl (C=O) groups excluding carboxylic acids is 1. The first-order valence-electron chi connectivity index (χ1n) is 7.70. The molecule has 2 N–H and O–H groups in total. The summed E-state index contributed by atoms with van der Waals surface area (Å²) in [5, 5.41) is 20.5. The van der Waals surface area contributed by atoms with Crippen LogP contribution in [0.15, 0.2) is 42.5 Å². The van der Waals surface area contributed by atoms with E-state index >= 15 is 0 Å². The molecule has 1 amide bonds. The van der Waals surface area contributed by atoms with Gasteiger partial charge in [-0.25, -0.2) is 4.79 Å². The van der Waals surface area contributed by atoms with Gasteiger partial charge in [-0.15, -0.1) is 11.3 Å². The predicted molar refractivity (Wildman–Crippen MR) is 97.4 cm³/mol. The highest BCUT2D eigenvalue weighted by molar-refractivity contribution is 7.13. The molecule has 0 bridgehead atoms. The smallest absolute Gasteiger partial charge is 0.328 e. The van der Waals surface area contributed by atoms with Crippen molar-refractivity contribution in [3.05, 3.63) is 63.4 Å². The molecule has 0 spiro atoms. The van der Waals surface area contributed by atoms with Crippen LogP contribution in [0.1, 0.15) is 39.5 Å². The molecule has 1 unspecified atom stereocenters. The summed E-state index contributed by atoms with van der Waals surface area (Å²) in [4.78, 5) is 24.9. The molecule has 0 radical (unpaired) electrons. The minimum Gasteiger partial charge on any atom is -0.478 e. The van der Waals surface area contributed by atoms with Gasteiger partial charge in [0.05, 0.1) is 11.6 Å². The second-order valence-corrected chi connectivity index (χ2v) is 6.87. The molecule has 1 aromatic heterocycles. The molecule has 1 aromatic carbocycles. The van der Waals surface area contributed by atoms with Crippen molar-refractivity contribution in [2.24, 2.45) is 0 Å². The lowest BCUT2D eigenvalue weighted by Gasteiger charge is -2.13. The number of thiophene rings is 1. The SMILES string of the molecule is C/C(=C\C(=O)O)c1ccc(CC(C)NC(=O)c2ccc(C#N)cc2)s1. The van der Waals surface area contributed by atoms with Crippen LogP contribution < -0.4 is 5.32 Å². The van der Waals surface area contributed by atoms with Crippen molar-refractivity contribution >= 4 is 28.8 Å². The number of nitriles is 1. The third-order valence-corrected chi connectivity index (χ3v) is 4.79. The monoisotopic (exact) mass is 354 g/mol. The number of aliphatic carboxylic acids is 1. The molecule has 0 saturated heterocycles. The Kier molecular flexibility index (Phi) is 6.09. The Balaban J connectivity index is 1.97. The number of carbonyl (C=O) groups is 2. The van der Waals surface area contributed by atoms with E-state index in [0.717, 1.165) is 9.75 Å². The van der Waals surface area contributed by atoms with Gasteiger partial charge in [-0.2, -0.15) is 5.26 Å². The van der Waals surface area contributed by atoms with Crippen molar-refractivity contribution in [1.82, 2.24) is 5.32 Å². The average molecular weight is 354 g/mol. The van der Waals surface area contributed by atoms with E-state index in [0.29, 0.717) is 23.1 Å². The Hall–Kier alpha value is -2.91. The summed E-state index contributed by atoms with van der Waals surface area (Å²) in [6, 6.07) is 12.3. The first kappa shape index (κ1) is 18.4. The highest BCUT2D eigenvalue weighted by Gasteiger charge is 2.12. The second-order valence-electron chi connectivity index (χ2n) is 5.70. The number of nitrogens with one attached hydrogen (secondary N) is 1. The van der Waals surface area contributed by atoms with Crippen molar-refractivity contribution in [2.75, 3.05) is 0 Å². The van der Waals surface area contributed by atoms with Crippen LogP contribution in [0.2, 0.25) is 0 Å². The Morgan fingerprint density at radius 2 is 1.96 bits per heavy atom. The number of hydrogen-bond acceptors (Lipinski definition) is 4. The molecule has 0 fully saturated rings. The Labute approximate surface area is 150 Å². The van der Waals surface area contributed by atoms with Gasteiger partial charge in [-0.3, -0.25) is 4.79 Å². The topological polar surface area (TPSA) is 90.2 Å². The molecule has 2 rings (SSSR count). The Morgan fingerprint density at radius 3 is 2.56 bits per heavy atom. The average Bonchev–Trinajstić information content (AvgIpc) is 3.02. The molecule has 0 aliphatic heterocycles. The van der Waals surface area contributed by atoms with E-state index < -0.39 is 5.97 Å². The van der Waals surface area contributed by atoms with Crippen molar-refractivity contribution in [3.8, 4) is 6.07 Å². The van der Waals surface area contributed by atoms with Gasteiger partial charge in [0, 0.05) is 33.9 Å². The fraction of sp³-hybridized carbons (Fsp3) is 0.211. The summed E-state index contributed by atoms with van der Waals surface area (Å²) in [5.41, 5.74) is 1.73. The number of benzene rings is 1. The third-order valence-electron chi connectivity index (χ3n) is 3.55. The number of hydrogen-bond donors (Lipinski definition) is 2. The largest absolute Gasteiger partial charge is 0.478 e. The van der Waals surface area contributed by atoms with Crippen LogP contribution in [0.4, 0.5) is 0 Å². The van der Waals surface area contributed by atoms with Crippen LogP contribution in [0.25, 0.3) is 5.57 Å². The highest BCUT2D eigenvalue weighted by atomic mass is 32.1. The molecule has 5 nitrogen and oxygen atoms in total. The molecular formula is C19H18N2O3S. The van der Waals surface area contributed by atoms with Crippen molar-refractivity contribution < 1.29 is 14.7 Å². The van der Waals surface area contributed by atoms with Crippen LogP contribution in [-0.2, 0) is 11.2 Å². The lowest BCUT2D eigenvalue weighted by Crippen LogP contribution is -2.33. The van der Waals surface area contributed by atoms with E-state index in [2.05, 4.69) is 5.32 Å². The first-order chi connectivity index (χ1) is 11.9. The number of carboxylic acids is 1. The zero-order valence-corrected chi connectivity index (χ0v) is 14.8. The minimum absolute atomic E-state index is 0.0709. The molecule has 25 heavy (non-hydrogen) atoms. The van der Waals surface area contributed by atoms with Gasteiger partial charge in [0.1, 0.15) is 0 Å². The van der Waals surface area contributed by atoms with Crippen LogP contribution in [0.3, 0.4) is 0 Å². The van der Waals surface area contributed by atoms with E-state index in [9.17, 15) is 9.59 Å². The van der Waals surface area contributed by atoms with Crippen molar-refractivity contribution in [2.45, 2.75) is 26.3 Å². The van der Waals surface area contributed by atoms with Gasteiger partial charge >= 0.3 is 5.97 Å². The van der Waals surface area contributed by atoms with Crippen LogP contribution >= 0.6 is 11.3 Å². The van der Waals surface area contributed by atoms with Gasteiger partial charge in [-0.1, -0.05) is 0 Å². The van der Waals surface area contributed by atoms with E-state index in [-0.39, 0.29) is 11.9 Å². The maximum absolute atomic E-state index is 12.2. The Morgan fingerprint density at radius 1 is 1.28 bits per heavy atom. The van der Waals surface area contributed by atoms with E-state index in [1.165, 1.54) is 17.4 Å². The lowest BCUT2D eigenvalue weighted by atomic mass is 10.1. The molecule has 0 aliphatic carbocycles. The first-order valence-corrected chi connectivity index (χ1v) is 8.52. The van der Waals surface area contributed by atoms with Gasteiger partial charge in [0.15, 0.2) is 0 Å². The summed E-state index contributed by atoms with van der Waals surface area (Å²) in [6.45, 7) is 3.68. The molecule has 1 atom stereocenters. The molecule has 0 aliphatic rings. The number of rotatable bonds is 6. The van der Waals surface area contributed by atoms with Crippen LogP contribution in [-0.4, -0.2) is 23.0 Å². The van der Waals surface area contributed by atoms with Gasteiger partial charge in [0.2, 0.25) is 0 Å². The lowest BCUT2D eigenvalue weighted by molar-refractivity contribution is -0.131. The van der Waals surface area contributed by atoms with Gasteiger partial charge in [0.25, 0.3) is 5.91 Å².